The summed E-state index contributed by atoms with van der Waals surface area (Å²) in [5.74, 6) is -0.318. The van der Waals surface area contributed by atoms with Gasteiger partial charge in [0.15, 0.2) is 5.17 Å². The molecule has 8 heteroatoms. The fourth-order valence-corrected chi connectivity index (χ4v) is 5.78. The fourth-order valence-electron chi connectivity index (χ4n) is 3.99. The highest BCUT2D eigenvalue weighted by Crippen LogP contribution is 2.46. The predicted octanol–water partition coefficient (Wildman–Crippen LogP) is 5.32. The van der Waals surface area contributed by atoms with Crippen molar-refractivity contribution in [3.63, 3.8) is 0 Å². The van der Waals surface area contributed by atoms with Crippen molar-refractivity contribution in [1.29, 1.82) is 0 Å². The maximum atomic E-state index is 13.3. The van der Waals surface area contributed by atoms with E-state index in [2.05, 4.69) is 0 Å². The molecule has 3 heterocycles. The van der Waals surface area contributed by atoms with E-state index in [0.29, 0.717) is 24.4 Å². The summed E-state index contributed by atoms with van der Waals surface area (Å²) < 4.78 is 5.71. The zero-order valence-electron chi connectivity index (χ0n) is 19.0. The van der Waals surface area contributed by atoms with Gasteiger partial charge in [-0.05, 0) is 43.2 Å². The number of aliphatic imine (C=N–C) groups is 1. The van der Waals surface area contributed by atoms with Gasteiger partial charge in [-0.3, -0.25) is 4.79 Å². The lowest BCUT2D eigenvalue weighted by Crippen LogP contribution is -2.38. The molecule has 0 aliphatic carbocycles. The molecule has 0 saturated heterocycles. The van der Waals surface area contributed by atoms with Crippen molar-refractivity contribution in [1.82, 2.24) is 9.80 Å². The van der Waals surface area contributed by atoms with E-state index < -0.39 is 0 Å². The summed E-state index contributed by atoms with van der Waals surface area (Å²) in [6.45, 7) is 7.34. The number of carbonyl (C=O) groups is 2. The Balaban J connectivity index is 1.63. The summed E-state index contributed by atoms with van der Waals surface area (Å²) in [5.41, 5.74) is 2.95. The van der Waals surface area contributed by atoms with Gasteiger partial charge in [0.2, 0.25) is 5.91 Å². The molecule has 1 aromatic heterocycles. The van der Waals surface area contributed by atoms with Gasteiger partial charge in [-0.15, -0.1) is 11.3 Å². The monoisotopic (exact) mass is 481 g/mol. The first-order valence-corrected chi connectivity index (χ1v) is 12.8. The molecule has 6 nitrogen and oxygen atoms in total. The number of amidine groups is 1. The van der Waals surface area contributed by atoms with E-state index in [1.165, 1.54) is 11.8 Å². The number of ether oxygens (including phenoxy) is 1. The van der Waals surface area contributed by atoms with Crippen LogP contribution in [0.4, 0.5) is 0 Å². The number of nitrogens with zero attached hydrogens (tertiary/aromatic N) is 3. The average molecular weight is 482 g/mol. The molecular weight excluding hydrogens is 454 g/mol. The molecule has 0 spiro atoms. The third kappa shape index (κ3) is 4.91. The number of thioether (sulfide) groups is 1. The zero-order valence-corrected chi connectivity index (χ0v) is 20.6. The van der Waals surface area contributed by atoms with Crippen LogP contribution < -0.4 is 0 Å². The molecule has 0 bridgehead atoms. The Bertz CT molecular complexity index is 1100. The second kappa shape index (κ2) is 10.4. The smallest absolute Gasteiger partial charge is 0.338 e. The number of amides is 1. The highest BCUT2D eigenvalue weighted by molar-refractivity contribution is 8.16. The van der Waals surface area contributed by atoms with Crippen LogP contribution in [0, 0.1) is 0 Å². The van der Waals surface area contributed by atoms with Gasteiger partial charge in [0.1, 0.15) is 12.6 Å². The minimum absolute atomic E-state index is 0.0671. The minimum atomic E-state index is -0.385. The number of rotatable bonds is 8. The second-order valence-electron chi connectivity index (χ2n) is 7.71. The molecule has 1 amide bonds. The van der Waals surface area contributed by atoms with Gasteiger partial charge in [0.25, 0.3) is 0 Å². The Morgan fingerprint density at radius 1 is 1.12 bits per heavy atom. The summed E-state index contributed by atoms with van der Waals surface area (Å²) in [7, 11) is 0. The van der Waals surface area contributed by atoms with Crippen LogP contribution >= 0.6 is 23.1 Å². The predicted molar refractivity (Wildman–Crippen MR) is 133 cm³/mol. The van der Waals surface area contributed by atoms with Crippen LogP contribution in [0.2, 0.25) is 0 Å². The Morgan fingerprint density at radius 2 is 1.88 bits per heavy atom. The quantitative estimate of drug-likeness (QED) is 0.477. The van der Waals surface area contributed by atoms with Crippen molar-refractivity contribution < 1.29 is 14.3 Å². The van der Waals surface area contributed by atoms with Gasteiger partial charge in [-0.1, -0.05) is 48.2 Å². The van der Waals surface area contributed by atoms with Crippen LogP contribution in [0.5, 0.6) is 0 Å². The van der Waals surface area contributed by atoms with Crippen LogP contribution in [0.3, 0.4) is 0 Å². The standard InChI is InChI=1S/C25H27N3O3S2/c1-4-27(5-2)21(29)14-19-16-33-25-26-17(3)22(23(28(19)25)20-12-9-13-32-20)24(30)31-15-18-10-7-6-8-11-18/h6-13,16,23H,4-5,14-15H2,1-3H3. The Kier molecular flexibility index (Phi) is 7.35. The molecular formula is C25H27N3O3S2. The van der Waals surface area contributed by atoms with Crippen molar-refractivity contribution in [2.45, 2.75) is 39.8 Å². The summed E-state index contributed by atoms with van der Waals surface area (Å²) in [6, 6.07) is 13.3. The van der Waals surface area contributed by atoms with Crippen LogP contribution in [-0.2, 0) is 20.9 Å². The molecule has 0 fully saturated rings. The molecule has 0 radical (unpaired) electrons. The number of carbonyl (C=O) groups excluding carboxylic acids is 2. The van der Waals surface area contributed by atoms with E-state index in [0.717, 1.165) is 21.3 Å². The maximum Gasteiger partial charge on any atom is 0.338 e. The van der Waals surface area contributed by atoms with Gasteiger partial charge in [-0.25, -0.2) is 9.79 Å². The van der Waals surface area contributed by atoms with Crippen molar-refractivity contribution >= 4 is 40.1 Å². The molecule has 2 aliphatic heterocycles. The SMILES string of the molecule is CCN(CC)C(=O)CC1=CSC2=NC(C)=C(C(=O)OCc3ccccc3)C(c3cccs3)N12. The van der Waals surface area contributed by atoms with Crippen LogP contribution in [0.15, 0.2) is 75.2 Å². The van der Waals surface area contributed by atoms with Crippen molar-refractivity contribution in [2.75, 3.05) is 13.1 Å². The number of fused-ring (bicyclic) bond motifs is 1. The highest BCUT2D eigenvalue weighted by Gasteiger charge is 2.41. The van der Waals surface area contributed by atoms with Crippen LogP contribution in [0.25, 0.3) is 0 Å². The molecule has 33 heavy (non-hydrogen) atoms. The molecule has 1 atom stereocenters. The summed E-state index contributed by atoms with van der Waals surface area (Å²) in [5, 5.41) is 4.76. The van der Waals surface area contributed by atoms with E-state index >= 15 is 0 Å². The summed E-state index contributed by atoms with van der Waals surface area (Å²) in [4.78, 5) is 35.8. The van der Waals surface area contributed by atoms with Gasteiger partial charge >= 0.3 is 5.97 Å². The lowest BCUT2D eigenvalue weighted by molar-refractivity contribution is -0.141. The second-order valence-corrected chi connectivity index (χ2v) is 9.53. The van der Waals surface area contributed by atoms with Gasteiger partial charge < -0.3 is 14.5 Å². The number of esters is 1. The molecule has 1 aromatic carbocycles. The Hall–Kier alpha value is -2.84. The van der Waals surface area contributed by atoms with Crippen molar-refractivity contribution in [2.24, 2.45) is 4.99 Å². The highest BCUT2D eigenvalue weighted by atomic mass is 32.2. The largest absolute Gasteiger partial charge is 0.457 e. The first-order chi connectivity index (χ1) is 16.0. The van der Waals surface area contributed by atoms with Crippen molar-refractivity contribution in [3.8, 4) is 0 Å². The van der Waals surface area contributed by atoms with E-state index in [4.69, 9.17) is 9.73 Å². The molecule has 4 rings (SSSR count). The fraction of sp³-hybridized carbons (Fsp3) is 0.320. The van der Waals surface area contributed by atoms with Crippen molar-refractivity contribution in [3.05, 3.63) is 80.7 Å². The lowest BCUT2D eigenvalue weighted by Gasteiger charge is -2.35. The maximum absolute atomic E-state index is 13.3. The van der Waals surface area contributed by atoms with Gasteiger partial charge in [0.05, 0.1) is 17.7 Å². The topological polar surface area (TPSA) is 62.2 Å². The number of thiophene rings is 1. The molecule has 2 aliphatic rings. The number of benzene rings is 1. The number of allylic oxidation sites excluding steroid dienone is 1. The summed E-state index contributed by atoms with van der Waals surface area (Å²) in [6.07, 6.45) is 0.265. The summed E-state index contributed by atoms with van der Waals surface area (Å²) >= 11 is 3.08. The first kappa shape index (κ1) is 23.3. The van der Waals surface area contributed by atoms with E-state index in [9.17, 15) is 9.59 Å². The van der Waals surface area contributed by atoms with Gasteiger partial charge in [0, 0.05) is 23.7 Å². The normalized spacial score (nSPS) is 17.4. The molecule has 0 N–H and O–H groups in total. The van der Waals surface area contributed by atoms with E-state index in [-0.39, 0.29) is 30.9 Å². The van der Waals surface area contributed by atoms with E-state index in [1.54, 1.807) is 11.3 Å². The molecule has 0 saturated carbocycles. The third-order valence-electron chi connectivity index (χ3n) is 5.69. The van der Waals surface area contributed by atoms with Gasteiger partial charge in [-0.2, -0.15) is 0 Å². The molecule has 2 aromatic rings. The van der Waals surface area contributed by atoms with Crippen LogP contribution in [0.1, 0.15) is 43.7 Å². The van der Waals surface area contributed by atoms with Crippen LogP contribution in [-0.4, -0.2) is 39.9 Å². The first-order valence-electron chi connectivity index (χ1n) is 11.0. The lowest BCUT2D eigenvalue weighted by atomic mass is 9.99. The minimum Gasteiger partial charge on any atom is -0.457 e. The third-order valence-corrected chi connectivity index (χ3v) is 7.51. The number of hydrogen-bond acceptors (Lipinski definition) is 7. The zero-order chi connectivity index (χ0) is 23.4. The number of hydrogen-bond donors (Lipinski definition) is 0. The Labute approximate surface area is 202 Å². The molecule has 1 unspecified atom stereocenters. The van der Waals surface area contributed by atoms with E-state index in [1.807, 2.05) is 83.8 Å². The Morgan fingerprint density at radius 3 is 2.55 bits per heavy atom. The average Bonchev–Trinajstić information content (AvgIpc) is 3.49. The molecule has 172 valence electrons.